The van der Waals surface area contributed by atoms with Gasteiger partial charge in [0.05, 0.1) is 25.5 Å². The van der Waals surface area contributed by atoms with Gasteiger partial charge in [-0.3, -0.25) is 14.6 Å². The second-order valence-electron chi connectivity index (χ2n) is 11.4. The van der Waals surface area contributed by atoms with Crippen molar-refractivity contribution in [3.05, 3.63) is 29.8 Å². The normalized spacial score (nSPS) is 13.6. The summed E-state index contributed by atoms with van der Waals surface area (Å²) in [7, 11) is -4.18. The number of benzene rings is 1. The zero-order valence-electron chi connectivity index (χ0n) is 27.1. The molecular formula is C29H47N7O10S. The van der Waals surface area contributed by atoms with E-state index >= 15 is 0 Å². The Bertz CT molecular complexity index is 1310. The molecule has 1 aliphatic heterocycles. The number of nitrogens with zero attached hydrogens (tertiary/aromatic N) is 1. The molecule has 0 aliphatic carbocycles. The molecule has 0 saturated carbocycles. The minimum Gasteiger partial charge on any atom is -0.492 e. The van der Waals surface area contributed by atoms with Crippen LogP contribution in [0.2, 0.25) is 0 Å². The van der Waals surface area contributed by atoms with Crippen molar-refractivity contribution in [1.82, 2.24) is 31.3 Å². The number of aliphatic carboxylic acids is 1. The summed E-state index contributed by atoms with van der Waals surface area (Å²) >= 11 is 0. The second-order valence-corrected chi connectivity index (χ2v) is 13.2. The molecular weight excluding hydrogens is 638 g/mol. The zero-order valence-corrected chi connectivity index (χ0v) is 27.9. The molecule has 2 rings (SSSR count). The maximum Gasteiger partial charge on any atom is 0.407 e. The summed E-state index contributed by atoms with van der Waals surface area (Å²) in [4.78, 5) is 52.3. The number of sulfonamides is 1. The summed E-state index contributed by atoms with van der Waals surface area (Å²) in [5.41, 5.74) is -0.416. The van der Waals surface area contributed by atoms with Crippen LogP contribution in [0.4, 0.5) is 9.59 Å². The van der Waals surface area contributed by atoms with Crippen molar-refractivity contribution >= 4 is 40.0 Å². The Morgan fingerprint density at radius 2 is 1.74 bits per heavy atom. The van der Waals surface area contributed by atoms with Gasteiger partial charge in [0.15, 0.2) is 5.96 Å². The summed E-state index contributed by atoms with van der Waals surface area (Å²) in [6, 6.07) is 4.51. The van der Waals surface area contributed by atoms with Crippen LogP contribution < -0.4 is 36.0 Å². The van der Waals surface area contributed by atoms with Crippen LogP contribution in [0.15, 0.2) is 29.3 Å². The molecule has 3 amide bonds. The first kappa shape index (κ1) is 38.9. The average molecular weight is 686 g/mol. The minimum atomic E-state index is -4.18. The molecule has 47 heavy (non-hydrogen) atoms. The van der Waals surface area contributed by atoms with E-state index in [-0.39, 0.29) is 25.3 Å². The van der Waals surface area contributed by atoms with E-state index in [0.29, 0.717) is 25.5 Å². The summed E-state index contributed by atoms with van der Waals surface area (Å²) in [6.07, 6.45) is 1.17. The number of unbranched alkanes of at least 4 members (excludes halogenated alkanes) is 1. The molecule has 1 heterocycles. The molecule has 18 heteroatoms. The van der Waals surface area contributed by atoms with Crippen LogP contribution in [-0.2, 0) is 24.3 Å². The number of rotatable bonds is 20. The number of hydrogen-bond donors (Lipinski definition) is 7. The van der Waals surface area contributed by atoms with Crippen LogP contribution >= 0.6 is 0 Å². The Hall–Kier alpha value is -4.32. The van der Waals surface area contributed by atoms with E-state index in [1.165, 1.54) is 12.1 Å². The lowest BCUT2D eigenvalue weighted by Gasteiger charge is -2.24. The number of aliphatic imine (C=N–C) groups is 1. The Balaban J connectivity index is 1.70. The van der Waals surface area contributed by atoms with Gasteiger partial charge >= 0.3 is 18.2 Å². The van der Waals surface area contributed by atoms with Crippen molar-refractivity contribution in [3.8, 4) is 5.75 Å². The largest absolute Gasteiger partial charge is 0.492 e. The van der Waals surface area contributed by atoms with E-state index in [0.717, 1.165) is 38.3 Å². The molecule has 0 aromatic heterocycles. The predicted octanol–water partition coefficient (Wildman–Crippen LogP) is 0.385. The number of ether oxygens (including phenoxy) is 3. The molecule has 17 nitrogen and oxygen atoms in total. The number of carbonyl (C=O) groups excluding carboxylic acids is 3. The summed E-state index contributed by atoms with van der Waals surface area (Å²) in [6.45, 7) is 7.50. The van der Waals surface area contributed by atoms with Gasteiger partial charge in [-0.15, -0.1) is 0 Å². The molecule has 0 bridgehead atoms. The highest BCUT2D eigenvalue weighted by Crippen LogP contribution is 2.14. The quantitative estimate of drug-likeness (QED) is 0.0924. The molecule has 1 aromatic carbocycles. The monoisotopic (exact) mass is 685 g/mol. The van der Waals surface area contributed by atoms with Gasteiger partial charge in [-0.05, 0) is 37.1 Å². The number of alkyl carbamates (subject to hydrolysis) is 2. The minimum absolute atomic E-state index is 0.0818. The van der Waals surface area contributed by atoms with Crippen molar-refractivity contribution in [2.75, 3.05) is 64.8 Å². The van der Waals surface area contributed by atoms with Crippen LogP contribution in [0.5, 0.6) is 5.75 Å². The van der Waals surface area contributed by atoms with Gasteiger partial charge in [0.1, 0.15) is 18.4 Å². The van der Waals surface area contributed by atoms with Crippen molar-refractivity contribution in [3.63, 3.8) is 0 Å². The van der Waals surface area contributed by atoms with Crippen LogP contribution in [0.3, 0.4) is 0 Å². The highest BCUT2D eigenvalue weighted by Gasteiger charge is 2.26. The first-order chi connectivity index (χ1) is 22.3. The van der Waals surface area contributed by atoms with E-state index in [4.69, 9.17) is 14.2 Å². The van der Waals surface area contributed by atoms with Crippen molar-refractivity contribution < 1.29 is 46.9 Å². The molecule has 0 saturated heterocycles. The fraction of sp³-hybridized carbons (Fsp3) is 0.621. The zero-order chi connectivity index (χ0) is 34.7. The van der Waals surface area contributed by atoms with Gasteiger partial charge in [-0.2, -0.15) is 4.72 Å². The van der Waals surface area contributed by atoms with Crippen LogP contribution in [0, 0.1) is 5.41 Å². The maximum atomic E-state index is 12.6. The fourth-order valence-electron chi connectivity index (χ4n) is 3.77. The van der Waals surface area contributed by atoms with Crippen molar-refractivity contribution in [2.45, 2.75) is 46.1 Å². The molecule has 0 spiro atoms. The predicted molar refractivity (Wildman–Crippen MR) is 173 cm³/mol. The number of guanidine groups is 1. The summed E-state index contributed by atoms with van der Waals surface area (Å²) in [5.74, 6) is -1.50. The standard InChI is InChI=1S/C29H47N7O10S/c1-4-5-15-45-28(41)35-19-29(2,3)20-46-27(40)33-14-17-47(42,43)36-23(25(38)39)18-34-24(37)21-7-9-22(10-8-21)44-16-13-32-26-30-11-6-12-31-26/h7-10,23,36H,4-6,11-20H2,1-3H3,(H,33,40)(H,34,37)(H,35,41)(H,38,39)(H2,30,31,32)/t23-/m0/s1. The number of carboxylic acids is 1. The topological polar surface area (TPSA) is 235 Å². The SMILES string of the molecule is CCCCOC(=O)NCC(C)(C)COC(=O)NCCS(=O)(=O)N[C@@H](CNC(=O)c1ccc(OCCNC2=NCCCN2)cc1)C(=O)O. The highest BCUT2D eigenvalue weighted by atomic mass is 32.2. The number of carboxylic acid groups (broad SMARTS) is 1. The molecule has 0 fully saturated rings. The van der Waals surface area contributed by atoms with Gasteiger partial charge in [0.2, 0.25) is 10.0 Å². The number of carbonyl (C=O) groups is 4. The number of hydrogen-bond acceptors (Lipinski definition) is 12. The smallest absolute Gasteiger partial charge is 0.407 e. The molecule has 0 radical (unpaired) electrons. The van der Waals surface area contributed by atoms with Crippen molar-refractivity contribution in [1.29, 1.82) is 0 Å². The van der Waals surface area contributed by atoms with Gasteiger partial charge in [0, 0.05) is 43.7 Å². The number of nitrogens with one attached hydrogen (secondary N) is 6. The fourth-order valence-corrected chi connectivity index (χ4v) is 4.87. The van der Waals surface area contributed by atoms with Crippen LogP contribution in [-0.4, -0.2) is 114 Å². The van der Waals surface area contributed by atoms with E-state index in [2.05, 4.69) is 31.6 Å². The van der Waals surface area contributed by atoms with E-state index < -0.39 is 57.8 Å². The Morgan fingerprint density at radius 3 is 2.40 bits per heavy atom. The molecule has 0 unspecified atom stereocenters. The molecule has 1 aliphatic rings. The Morgan fingerprint density at radius 1 is 1.02 bits per heavy atom. The Kier molecular flexibility index (Phi) is 16.6. The molecule has 1 atom stereocenters. The lowest BCUT2D eigenvalue weighted by Crippen LogP contribution is -2.49. The summed E-state index contributed by atoms with van der Waals surface area (Å²) in [5, 5.41) is 23.1. The first-order valence-electron chi connectivity index (χ1n) is 15.4. The van der Waals surface area contributed by atoms with Gasteiger partial charge in [-0.25, -0.2) is 18.0 Å². The third-order valence-electron chi connectivity index (χ3n) is 6.44. The van der Waals surface area contributed by atoms with Crippen LogP contribution in [0.1, 0.15) is 50.4 Å². The second kappa shape index (κ2) is 20.0. The molecule has 1 aromatic rings. The molecule has 7 N–H and O–H groups in total. The van der Waals surface area contributed by atoms with Crippen LogP contribution in [0.25, 0.3) is 0 Å². The lowest BCUT2D eigenvalue weighted by molar-refractivity contribution is -0.138. The average Bonchev–Trinajstić information content (AvgIpc) is 3.04. The van der Waals surface area contributed by atoms with E-state index in [9.17, 15) is 32.7 Å². The highest BCUT2D eigenvalue weighted by molar-refractivity contribution is 7.89. The number of amides is 3. The lowest BCUT2D eigenvalue weighted by atomic mass is 9.95. The Labute approximate surface area is 275 Å². The van der Waals surface area contributed by atoms with Crippen molar-refractivity contribution in [2.24, 2.45) is 10.4 Å². The third kappa shape index (κ3) is 16.7. The van der Waals surface area contributed by atoms with Gasteiger partial charge in [0.25, 0.3) is 5.91 Å². The van der Waals surface area contributed by atoms with E-state index in [1.54, 1.807) is 26.0 Å². The molecule has 264 valence electrons. The van der Waals surface area contributed by atoms with Gasteiger partial charge < -0.3 is 45.9 Å². The van der Waals surface area contributed by atoms with Gasteiger partial charge in [-0.1, -0.05) is 27.2 Å². The third-order valence-corrected chi connectivity index (χ3v) is 7.83. The maximum absolute atomic E-state index is 12.6. The summed E-state index contributed by atoms with van der Waals surface area (Å²) < 4.78 is 42.7. The van der Waals surface area contributed by atoms with E-state index in [1.807, 2.05) is 11.6 Å². The first-order valence-corrected chi connectivity index (χ1v) is 17.0.